The molecule has 7 nitrogen and oxygen atoms in total. The second kappa shape index (κ2) is 8.09. The Morgan fingerprint density at radius 2 is 1.44 bits per heavy atom. The fourth-order valence-electron chi connectivity index (χ4n) is 2.58. The average molecular weight is 427 g/mol. The summed E-state index contributed by atoms with van der Waals surface area (Å²) in [4.78, 5) is 11.2. The third-order valence-electron chi connectivity index (χ3n) is 3.37. The largest absolute Gasteiger partial charge is 0.477 e. The molecule has 0 amide bonds. The van der Waals surface area contributed by atoms with Gasteiger partial charge in [-0.05, 0) is 30.4 Å². The van der Waals surface area contributed by atoms with Crippen LogP contribution >= 0.6 is 0 Å². The van der Waals surface area contributed by atoms with E-state index in [0.717, 1.165) is 6.92 Å². The summed E-state index contributed by atoms with van der Waals surface area (Å²) in [6.07, 6.45) is 0. The molecule has 1 N–H and O–H groups in total. The third-order valence-corrected chi connectivity index (χ3v) is 8.29. The highest BCUT2D eigenvalue weighted by Gasteiger charge is 2.39. The molecule has 0 fully saturated rings. The number of sulfonamides is 2. The van der Waals surface area contributed by atoms with Crippen molar-refractivity contribution in [1.29, 1.82) is 0 Å². The Bertz CT molecular complexity index is 900. The van der Waals surface area contributed by atoms with Crippen LogP contribution in [0.4, 0.5) is 14.5 Å². The molecule has 11 heteroatoms. The highest BCUT2D eigenvalue weighted by molar-refractivity contribution is 8.10. The number of carboxylic acid groups (broad SMARTS) is 1. The van der Waals surface area contributed by atoms with Crippen LogP contribution in [0.5, 0.6) is 0 Å². The Balaban J connectivity index is 3.93. The summed E-state index contributed by atoms with van der Waals surface area (Å²) in [7, 11) is -9.18. The molecule has 27 heavy (non-hydrogen) atoms. The van der Waals surface area contributed by atoms with Crippen molar-refractivity contribution in [2.45, 2.75) is 34.6 Å². The monoisotopic (exact) mass is 427 g/mol. The first-order chi connectivity index (χ1) is 12.1. The van der Waals surface area contributed by atoms with Gasteiger partial charge >= 0.3 is 5.97 Å². The Labute approximate surface area is 158 Å². The molecule has 0 spiro atoms. The van der Waals surface area contributed by atoms with E-state index in [9.17, 15) is 30.4 Å². The number of anilines is 1. The van der Waals surface area contributed by atoms with Crippen LogP contribution in [0.1, 0.15) is 43.6 Å². The van der Waals surface area contributed by atoms with E-state index in [4.69, 9.17) is 5.11 Å². The van der Waals surface area contributed by atoms with E-state index in [2.05, 4.69) is 0 Å². The predicted molar refractivity (Wildman–Crippen MR) is 97.8 cm³/mol. The van der Waals surface area contributed by atoms with Gasteiger partial charge in [-0.15, -0.1) is 0 Å². The van der Waals surface area contributed by atoms with Gasteiger partial charge in [0, 0.05) is 0 Å². The Morgan fingerprint density at radius 1 is 1.04 bits per heavy atom. The molecule has 0 aliphatic heterocycles. The lowest BCUT2D eigenvalue weighted by molar-refractivity contribution is 0.0686. The summed E-state index contributed by atoms with van der Waals surface area (Å²) in [6, 6.07) is 0.602. The van der Waals surface area contributed by atoms with E-state index in [0.29, 0.717) is 6.07 Å². The topological polar surface area (TPSA) is 109 Å². The fourth-order valence-corrected chi connectivity index (χ4v) is 7.29. The molecule has 0 aliphatic rings. The van der Waals surface area contributed by atoms with Gasteiger partial charge in [0.25, 0.3) is 0 Å². The van der Waals surface area contributed by atoms with E-state index >= 15 is 0 Å². The number of benzene rings is 1. The molecular formula is C16H23F2NO6S2. The summed E-state index contributed by atoms with van der Waals surface area (Å²) in [5.41, 5.74) is -2.76. The number of rotatable bonds is 8. The normalized spacial score (nSPS) is 12.6. The van der Waals surface area contributed by atoms with Crippen molar-refractivity contribution in [2.24, 2.45) is 11.8 Å². The maximum absolute atomic E-state index is 14.8. The Morgan fingerprint density at radius 3 is 1.78 bits per heavy atom. The first-order valence-corrected chi connectivity index (χ1v) is 11.3. The van der Waals surface area contributed by atoms with Crippen molar-refractivity contribution in [3.05, 3.63) is 28.8 Å². The zero-order chi connectivity index (χ0) is 21.3. The SMILES string of the molecule is Cc1cc(F)c(C(=O)O)c(F)c1N(S(=O)(=O)CC(C)C)S(=O)(=O)CC(C)C. The summed E-state index contributed by atoms with van der Waals surface area (Å²) in [6.45, 7) is 7.22. The van der Waals surface area contributed by atoms with Gasteiger partial charge in [0.15, 0.2) is 5.82 Å². The van der Waals surface area contributed by atoms with Crippen molar-refractivity contribution in [3.8, 4) is 0 Å². The maximum Gasteiger partial charge on any atom is 0.341 e. The minimum Gasteiger partial charge on any atom is -0.477 e. The van der Waals surface area contributed by atoms with E-state index in [-0.39, 0.29) is 9.27 Å². The number of carboxylic acids is 1. The third kappa shape index (κ3) is 5.16. The molecular weight excluding hydrogens is 404 g/mol. The van der Waals surface area contributed by atoms with E-state index in [1.165, 1.54) is 27.7 Å². The molecule has 0 heterocycles. The molecule has 0 radical (unpaired) electrons. The standard InChI is InChI=1S/C16H23F2NO6S2/c1-9(2)7-26(22,23)19(27(24,25)8-10(3)4)15-11(5)6-12(17)13(14(15)18)16(20)21/h6,9-10H,7-8H2,1-5H3,(H,20,21). The second-order valence-corrected chi connectivity index (χ2v) is 11.0. The molecule has 1 aromatic carbocycles. The molecule has 1 aromatic rings. The number of aromatic carboxylic acids is 1. The Kier molecular flexibility index (Phi) is 6.98. The van der Waals surface area contributed by atoms with Gasteiger partial charge in [-0.25, -0.2) is 30.4 Å². The van der Waals surface area contributed by atoms with Gasteiger partial charge in [-0.2, -0.15) is 3.71 Å². The van der Waals surface area contributed by atoms with Crippen LogP contribution < -0.4 is 3.71 Å². The van der Waals surface area contributed by atoms with Gasteiger partial charge in [-0.3, -0.25) is 0 Å². The first kappa shape index (κ1) is 23.3. The molecule has 0 unspecified atom stereocenters. The van der Waals surface area contributed by atoms with Crippen LogP contribution in [0, 0.1) is 30.4 Å². The average Bonchev–Trinajstić information content (AvgIpc) is 2.38. The van der Waals surface area contributed by atoms with Crippen molar-refractivity contribution in [1.82, 2.24) is 0 Å². The lowest BCUT2D eigenvalue weighted by atomic mass is 10.1. The van der Waals surface area contributed by atoms with Crippen molar-refractivity contribution in [3.63, 3.8) is 0 Å². The maximum atomic E-state index is 14.8. The molecule has 154 valence electrons. The molecule has 0 aromatic heterocycles. The molecule has 0 saturated carbocycles. The summed E-state index contributed by atoms with van der Waals surface area (Å²) in [5.74, 6) is -7.38. The predicted octanol–water partition coefficient (Wildman–Crippen LogP) is 2.75. The summed E-state index contributed by atoms with van der Waals surface area (Å²) < 4.78 is 79.8. The van der Waals surface area contributed by atoms with Crippen molar-refractivity contribution < 1.29 is 35.5 Å². The fraction of sp³-hybridized carbons (Fsp3) is 0.562. The second-order valence-electron chi connectivity index (χ2n) is 7.06. The quantitative estimate of drug-likeness (QED) is 0.683. The van der Waals surface area contributed by atoms with Crippen molar-refractivity contribution >= 4 is 31.7 Å². The minimum atomic E-state index is -4.59. The smallest absolute Gasteiger partial charge is 0.341 e. The van der Waals surface area contributed by atoms with Crippen LogP contribution in [-0.4, -0.2) is 39.4 Å². The molecule has 0 bridgehead atoms. The number of carbonyl (C=O) groups is 1. The van der Waals surface area contributed by atoms with Crippen LogP contribution in [0.3, 0.4) is 0 Å². The van der Waals surface area contributed by atoms with Gasteiger partial charge in [-0.1, -0.05) is 27.7 Å². The lowest BCUT2D eigenvalue weighted by Crippen LogP contribution is -2.43. The van der Waals surface area contributed by atoms with Crippen LogP contribution in [-0.2, 0) is 20.0 Å². The number of nitrogens with zero attached hydrogens (tertiary/aromatic N) is 1. The molecule has 0 saturated heterocycles. The van der Waals surface area contributed by atoms with Crippen molar-refractivity contribution in [2.75, 3.05) is 15.2 Å². The van der Waals surface area contributed by atoms with Gasteiger partial charge in [0.05, 0.1) is 11.5 Å². The van der Waals surface area contributed by atoms with Gasteiger partial charge < -0.3 is 5.11 Å². The summed E-state index contributed by atoms with van der Waals surface area (Å²) >= 11 is 0. The molecule has 1 rings (SSSR count). The number of hydrogen-bond donors (Lipinski definition) is 1. The zero-order valence-electron chi connectivity index (χ0n) is 15.7. The molecule has 0 aliphatic carbocycles. The first-order valence-electron chi connectivity index (χ1n) is 8.09. The van der Waals surface area contributed by atoms with Crippen LogP contribution in [0.25, 0.3) is 0 Å². The zero-order valence-corrected chi connectivity index (χ0v) is 17.3. The minimum absolute atomic E-state index is 0.0729. The number of hydrogen-bond acceptors (Lipinski definition) is 5. The lowest BCUT2D eigenvalue weighted by Gasteiger charge is -2.27. The van der Waals surface area contributed by atoms with E-state index < -0.39 is 72.2 Å². The number of halogens is 2. The Hall–Kier alpha value is -1.75. The highest BCUT2D eigenvalue weighted by atomic mass is 32.3. The molecule has 0 atom stereocenters. The van der Waals surface area contributed by atoms with Gasteiger partial charge in [0.2, 0.25) is 20.0 Å². The number of aryl methyl sites for hydroxylation is 1. The summed E-state index contributed by atoms with van der Waals surface area (Å²) in [5, 5.41) is 9.04. The van der Waals surface area contributed by atoms with Crippen LogP contribution in [0.15, 0.2) is 6.07 Å². The van der Waals surface area contributed by atoms with E-state index in [1.807, 2.05) is 0 Å². The van der Waals surface area contributed by atoms with Gasteiger partial charge in [0.1, 0.15) is 17.1 Å². The van der Waals surface area contributed by atoms with Crippen LogP contribution in [0.2, 0.25) is 0 Å². The van der Waals surface area contributed by atoms with E-state index in [1.54, 1.807) is 0 Å². The highest BCUT2D eigenvalue weighted by Crippen LogP contribution is 2.34.